The second kappa shape index (κ2) is 13.3. The predicted molar refractivity (Wildman–Crippen MR) is 131 cm³/mol. The zero-order chi connectivity index (χ0) is 21.3. The van der Waals surface area contributed by atoms with E-state index >= 15 is 0 Å². The van der Waals surface area contributed by atoms with Crippen molar-refractivity contribution in [2.45, 2.75) is 26.4 Å². The smallest absolute Gasteiger partial charge is 0.216 e. The Labute approximate surface area is 198 Å². The molecule has 1 heterocycles. The van der Waals surface area contributed by atoms with Crippen LogP contribution in [0.25, 0.3) is 0 Å². The highest BCUT2D eigenvalue weighted by atomic mass is 127. The summed E-state index contributed by atoms with van der Waals surface area (Å²) >= 11 is 0. The molecular weight excluding hydrogens is 519 g/mol. The van der Waals surface area contributed by atoms with E-state index in [9.17, 15) is 8.42 Å². The van der Waals surface area contributed by atoms with Crippen LogP contribution in [0.2, 0.25) is 0 Å². The molecule has 0 bridgehead atoms. The van der Waals surface area contributed by atoms with Gasteiger partial charge in [-0.3, -0.25) is 4.99 Å². The Kier molecular flexibility index (Phi) is 12.0. The second-order valence-electron chi connectivity index (χ2n) is 7.19. The number of hydrogen-bond acceptors (Lipinski definition) is 5. The molecule has 1 aromatic rings. The number of halogens is 1. The van der Waals surface area contributed by atoms with Gasteiger partial charge in [0.2, 0.25) is 10.0 Å². The highest BCUT2D eigenvalue weighted by Gasteiger charge is 2.27. The number of nitrogens with one attached hydrogen (secondary N) is 1. The standard InChI is InChI=1S/C20H34N4O4S.HI/c1-17(2)28-15-16-29(25,26)24-13-11-23(12-14-24)20(21-3)22-10-9-18-5-7-19(27-4)8-6-18;/h5-8,17H,9-16H2,1-4H3,(H,21,22);1H. The molecule has 30 heavy (non-hydrogen) atoms. The second-order valence-corrected chi connectivity index (χ2v) is 9.28. The highest BCUT2D eigenvalue weighted by molar-refractivity contribution is 14.0. The first-order chi connectivity index (χ1) is 13.9. The van der Waals surface area contributed by atoms with E-state index in [2.05, 4.69) is 27.3 Å². The van der Waals surface area contributed by atoms with E-state index in [1.807, 2.05) is 26.0 Å². The molecule has 0 amide bonds. The number of ether oxygens (including phenoxy) is 2. The first-order valence-corrected chi connectivity index (χ1v) is 11.6. The Bertz CT molecular complexity index is 749. The van der Waals surface area contributed by atoms with Crippen molar-refractivity contribution in [1.82, 2.24) is 14.5 Å². The summed E-state index contributed by atoms with van der Waals surface area (Å²) in [7, 11) is 0.127. The van der Waals surface area contributed by atoms with Gasteiger partial charge in [-0.2, -0.15) is 4.31 Å². The number of methoxy groups -OCH3 is 1. The number of sulfonamides is 1. The van der Waals surface area contributed by atoms with E-state index in [1.54, 1.807) is 18.5 Å². The minimum Gasteiger partial charge on any atom is -0.497 e. The number of hydrogen-bond donors (Lipinski definition) is 1. The number of aliphatic imine (C=N–C) groups is 1. The van der Waals surface area contributed by atoms with Crippen LogP contribution in [-0.2, 0) is 21.2 Å². The molecule has 0 aliphatic carbocycles. The van der Waals surface area contributed by atoms with Gasteiger partial charge in [0.05, 0.1) is 25.6 Å². The molecule has 0 atom stereocenters. The Balaban J connectivity index is 0.00000450. The highest BCUT2D eigenvalue weighted by Crippen LogP contribution is 2.12. The average Bonchev–Trinajstić information content (AvgIpc) is 2.71. The van der Waals surface area contributed by atoms with E-state index in [0.29, 0.717) is 26.2 Å². The van der Waals surface area contributed by atoms with Gasteiger partial charge in [0.15, 0.2) is 5.96 Å². The van der Waals surface area contributed by atoms with Crippen LogP contribution in [0.3, 0.4) is 0 Å². The van der Waals surface area contributed by atoms with E-state index in [0.717, 1.165) is 24.7 Å². The molecule has 1 saturated heterocycles. The molecule has 2 rings (SSSR count). The first kappa shape index (κ1) is 26.9. The minimum atomic E-state index is -3.28. The first-order valence-electron chi connectivity index (χ1n) is 10.0. The molecule has 10 heteroatoms. The fraction of sp³-hybridized carbons (Fsp3) is 0.650. The summed E-state index contributed by atoms with van der Waals surface area (Å²) in [4.78, 5) is 6.45. The zero-order valence-corrected chi connectivity index (χ0v) is 21.5. The molecular formula is C20H35IN4O4S. The molecule has 1 aliphatic heterocycles. The summed E-state index contributed by atoms with van der Waals surface area (Å²) in [5.74, 6) is 1.68. The maximum absolute atomic E-state index is 12.5. The molecule has 0 aromatic heterocycles. The van der Waals surface area contributed by atoms with Crippen LogP contribution in [0.1, 0.15) is 19.4 Å². The van der Waals surface area contributed by atoms with Crippen LogP contribution < -0.4 is 10.1 Å². The maximum atomic E-state index is 12.5. The molecule has 0 saturated carbocycles. The summed E-state index contributed by atoms with van der Waals surface area (Å²) in [6.07, 6.45) is 0.905. The van der Waals surface area contributed by atoms with Crippen molar-refractivity contribution in [2.75, 3.05) is 59.2 Å². The molecule has 1 aliphatic rings. The van der Waals surface area contributed by atoms with E-state index in [1.165, 1.54) is 5.56 Å². The maximum Gasteiger partial charge on any atom is 0.216 e. The number of nitrogens with zero attached hydrogens (tertiary/aromatic N) is 3. The Hall–Kier alpha value is -1.11. The molecule has 172 valence electrons. The summed E-state index contributed by atoms with van der Waals surface area (Å²) < 4.78 is 37.0. The Morgan fingerprint density at radius 1 is 1.17 bits per heavy atom. The van der Waals surface area contributed by atoms with Crippen molar-refractivity contribution in [3.8, 4) is 5.75 Å². The largest absolute Gasteiger partial charge is 0.497 e. The fourth-order valence-electron chi connectivity index (χ4n) is 3.14. The summed E-state index contributed by atoms with van der Waals surface area (Å²) in [6.45, 7) is 6.95. The summed E-state index contributed by atoms with van der Waals surface area (Å²) in [5.41, 5.74) is 1.22. The van der Waals surface area contributed by atoms with Gasteiger partial charge in [-0.25, -0.2) is 8.42 Å². The molecule has 1 N–H and O–H groups in total. The lowest BCUT2D eigenvalue weighted by molar-refractivity contribution is 0.0904. The van der Waals surface area contributed by atoms with Crippen LogP contribution in [0.15, 0.2) is 29.3 Å². The van der Waals surface area contributed by atoms with Crippen molar-refractivity contribution in [1.29, 1.82) is 0 Å². The van der Waals surface area contributed by atoms with Crippen molar-refractivity contribution in [3.63, 3.8) is 0 Å². The SMILES string of the molecule is CN=C(NCCc1ccc(OC)cc1)N1CCN(S(=O)(=O)CCOC(C)C)CC1.I. The van der Waals surface area contributed by atoms with Crippen LogP contribution in [0, 0.1) is 0 Å². The summed E-state index contributed by atoms with van der Waals surface area (Å²) in [6, 6.07) is 8.01. The molecule has 8 nitrogen and oxygen atoms in total. The van der Waals surface area contributed by atoms with Gasteiger partial charge in [0, 0.05) is 39.8 Å². The molecule has 0 unspecified atom stereocenters. The normalized spacial score (nSPS) is 15.8. The summed E-state index contributed by atoms with van der Waals surface area (Å²) in [5, 5.41) is 3.37. The zero-order valence-electron chi connectivity index (χ0n) is 18.3. The van der Waals surface area contributed by atoms with Crippen LogP contribution in [0.4, 0.5) is 0 Å². The Morgan fingerprint density at radius 2 is 1.80 bits per heavy atom. The molecule has 0 radical (unpaired) electrons. The average molecular weight is 554 g/mol. The van der Waals surface area contributed by atoms with Gasteiger partial charge in [0.25, 0.3) is 0 Å². The lowest BCUT2D eigenvalue weighted by Gasteiger charge is -2.35. The van der Waals surface area contributed by atoms with E-state index < -0.39 is 10.0 Å². The quantitative estimate of drug-likeness (QED) is 0.285. The van der Waals surface area contributed by atoms with Crippen LogP contribution in [0.5, 0.6) is 5.75 Å². The number of benzene rings is 1. The van der Waals surface area contributed by atoms with Crippen molar-refractivity contribution >= 4 is 40.0 Å². The number of guanidine groups is 1. The predicted octanol–water partition coefficient (Wildman–Crippen LogP) is 1.80. The molecule has 1 aromatic carbocycles. The Morgan fingerprint density at radius 3 is 2.33 bits per heavy atom. The third kappa shape index (κ3) is 8.56. The topological polar surface area (TPSA) is 83.5 Å². The fourth-order valence-corrected chi connectivity index (χ4v) is 4.42. The monoisotopic (exact) mass is 554 g/mol. The molecule has 1 fully saturated rings. The third-order valence-electron chi connectivity index (χ3n) is 4.79. The van der Waals surface area contributed by atoms with Gasteiger partial charge in [0.1, 0.15) is 5.75 Å². The number of piperazine rings is 1. The lowest BCUT2D eigenvalue weighted by atomic mass is 10.1. The van der Waals surface area contributed by atoms with E-state index in [-0.39, 0.29) is 42.4 Å². The van der Waals surface area contributed by atoms with Gasteiger partial charge >= 0.3 is 0 Å². The minimum absolute atomic E-state index is 0. The van der Waals surface area contributed by atoms with Crippen molar-refractivity contribution in [2.24, 2.45) is 4.99 Å². The van der Waals surface area contributed by atoms with Gasteiger partial charge in [-0.1, -0.05) is 12.1 Å². The number of rotatable bonds is 9. The van der Waals surface area contributed by atoms with Crippen LogP contribution >= 0.6 is 24.0 Å². The molecule has 0 spiro atoms. The third-order valence-corrected chi connectivity index (χ3v) is 6.63. The van der Waals surface area contributed by atoms with Gasteiger partial charge in [-0.15, -0.1) is 24.0 Å². The van der Waals surface area contributed by atoms with E-state index in [4.69, 9.17) is 9.47 Å². The van der Waals surface area contributed by atoms with Gasteiger partial charge < -0.3 is 19.7 Å². The van der Waals surface area contributed by atoms with Crippen molar-refractivity contribution in [3.05, 3.63) is 29.8 Å². The van der Waals surface area contributed by atoms with Crippen molar-refractivity contribution < 1.29 is 17.9 Å². The van der Waals surface area contributed by atoms with Crippen LogP contribution in [-0.4, -0.2) is 88.9 Å². The van der Waals surface area contributed by atoms with Gasteiger partial charge in [-0.05, 0) is 38.0 Å². The lowest BCUT2D eigenvalue weighted by Crippen LogP contribution is -2.54.